The maximum Gasteiger partial charge on any atom is 0.416 e. The van der Waals surface area contributed by atoms with E-state index in [9.17, 15) is 13.2 Å². The van der Waals surface area contributed by atoms with E-state index in [1.807, 2.05) is 20.8 Å². The van der Waals surface area contributed by atoms with Gasteiger partial charge in [0.25, 0.3) is 0 Å². The second-order valence-corrected chi connectivity index (χ2v) is 6.12. The smallest absolute Gasteiger partial charge is 0.232 e. The Morgan fingerprint density at radius 3 is 2.24 bits per heavy atom. The lowest BCUT2D eigenvalue weighted by atomic mass is 9.95. The van der Waals surface area contributed by atoms with E-state index >= 15 is 0 Å². The minimum atomic E-state index is -4.39. The fraction of sp³-hybridized carbons (Fsp3) is 0.333. The molecule has 0 bridgehead atoms. The lowest BCUT2D eigenvalue weighted by Gasteiger charge is -2.17. The number of hydrogen-bond donors (Lipinski definition) is 0. The molecule has 0 aliphatic rings. The maximum atomic E-state index is 12.8. The van der Waals surface area contributed by atoms with Gasteiger partial charge in [-0.1, -0.05) is 44.5 Å². The van der Waals surface area contributed by atoms with Crippen molar-refractivity contribution in [2.75, 3.05) is 0 Å². The van der Waals surface area contributed by atoms with Gasteiger partial charge in [-0.3, -0.25) is 0 Å². The average molecular weight is 315 g/mol. The molecule has 1 aromatic heterocycles. The van der Waals surface area contributed by atoms with Gasteiger partial charge in [0.2, 0.25) is 0 Å². The first-order valence-electron chi connectivity index (χ1n) is 6.30. The van der Waals surface area contributed by atoms with E-state index in [-0.39, 0.29) is 10.6 Å². The van der Waals surface area contributed by atoms with E-state index in [0.717, 1.165) is 12.1 Å². The highest BCUT2D eigenvalue weighted by Gasteiger charge is 2.30. The molecule has 0 saturated heterocycles. The van der Waals surface area contributed by atoms with Gasteiger partial charge in [0, 0.05) is 17.0 Å². The standard InChI is InChI=1S/C15H14ClF3N2/c1-14(2,3)13-20-11(8-12(16)21-13)9-5-4-6-10(7-9)15(17,18)19/h4-8H,1-3H3. The summed E-state index contributed by atoms with van der Waals surface area (Å²) < 4.78 is 38.3. The second kappa shape index (κ2) is 5.30. The molecule has 0 aliphatic carbocycles. The molecule has 6 heteroatoms. The van der Waals surface area contributed by atoms with Crippen molar-refractivity contribution in [3.8, 4) is 11.3 Å². The van der Waals surface area contributed by atoms with Crippen molar-refractivity contribution in [3.05, 3.63) is 46.9 Å². The molecule has 1 heterocycles. The lowest BCUT2D eigenvalue weighted by Crippen LogP contribution is -2.16. The van der Waals surface area contributed by atoms with Gasteiger partial charge < -0.3 is 0 Å². The third-order valence-corrected chi connectivity index (χ3v) is 3.04. The van der Waals surface area contributed by atoms with Crippen LogP contribution in [0.4, 0.5) is 13.2 Å². The van der Waals surface area contributed by atoms with E-state index in [4.69, 9.17) is 11.6 Å². The lowest BCUT2D eigenvalue weighted by molar-refractivity contribution is -0.137. The van der Waals surface area contributed by atoms with E-state index < -0.39 is 11.7 Å². The topological polar surface area (TPSA) is 25.8 Å². The molecular formula is C15H14ClF3N2. The van der Waals surface area contributed by atoms with E-state index in [0.29, 0.717) is 17.1 Å². The highest BCUT2D eigenvalue weighted by atomic mass is 35.5. The fourth-order valence-corrected chi connectivity index (χ4v) is 1.94. The van der Waals surface area contributed by atoms with Crippen LogP contribution in [-0.4, -0.2) is 9.97 Å². The number of hydrogen-bond acceptors (Lipinski definition) is 2. The van der Waals surface area contributed by atoms with Crippen molar-refractivity contribution in [2.24, 2.45) is 0 Å². The number of nitrogens with zero attached hydrogens (tertiary/aromatic N) is 2. The molecule has 0 atom stereocenters. The minimum absolute atomic E-state index is 0.210. The number of alkyl halides is 3. The Morgan fingerprint density at radius 2 is 1.67 bits per heavy atom. The van der Waals surface area contributed by atoms with Gasteiger partial charge in [0.15, 0.2) is 0 Å². The van der Waals surface area contributed by atoms with E-state index in [2.05, 4.69) is 9.97 Å². The van der Waals surface area contributed by atoms with Crippen molar-refractivity contribution >= 4 is 11.6 Å². The molecular weight excluding hydrogens is 301 g/mol. The zero-order valence-corrected chi connectivity index (χ0v) is 12.5. The van der Waals surface area contributed by atoms with Crippen LogP contribution < -0.4 is 0 Å². The molecule has 0 saturated carbocycles. The number of halogens is 4. The quantitative estimate of drug-likeness (QED) is 0.683. The normalized spacial score (nSPS) is 12.5. The van der Waals surface area contributed by atoms with Crippen LogP contribution in [-0.2, 0) is 11.6 Å². The third kappa shape index (κ3) is 3.73. The van der Waals surface area contributed by atoms with Crippen LogP contribution in [0.25, 0.3) is 11.3 Å². The van der Waals surface area contributed by atoms with Crippen molar-refractivity contribution in [1.82, 2.24) is 9.97 Å². The highest BCUT2D eigenvalue weighted by Crippen LogP contribution is 2.32. The monoisotopic (exact) mass is 314 g/mol. The molecule has 0 spiro atoms. The predicted octanol–water partition coefficient (Wildman–Crippen LogP) is 5.11. The summed E-state index contributed by atoms with van der Waals surface area (Å²) in [5.74, 6) is 0.488. The molecule has 21 heavy (non-hydrogen) atoms. The van der Waals surface area contributed by atoms with Crippen LogP contribution in [0.5, 0.6) is 0 Å². The van der Waals surface area contributed by atoms with Crippen molar-refractivity contribution < 1.29 is 13.2 Å². The minimum Gasteiger partial charge on any atom is -0.232 e. The molecule has 0 N–H and O–H groups in total. The Hall–Kier alpha value is -1.62. The van der Waals surface area contributed by atoms with Crippen molar-refractivity contribution in [2.45, 2.75) is 32.4 Å². The fourth-order valence-electron chi connectivity index (χ4n) is 1.76. The summed E-state index contributed by atoms with van der Waals surface area (Å²) in [6.07, 6.45) is -4.39. The third-order valence-electron chi connectivity index (χ3n) is 2.85. The van der Waals surface area contributed by atoms with Crippen LogP contribution in [0.15, 0.2) is 30.3 Å². The SMILES string of the molecule is CC(C)(C)c1nc(Cl)cc(-c2cccc(C(F)(F)F)c2)n1. The average Bonchev–Trinajstić information content (AvgIpc) is 2.36. The summed E-state index contributed by atoms with van der Waals surface area (Å²) in [5.41, 5.74) is -0.320. The van der Waals surface area contributed by atoms with E-state index in [1.165, 1.54) is 12.1 Å². The Kier molecular flexibility index (Phi) is 3.97. The summed E-state index contributed by atoms with van der Waals surface area (Å²) in [6.45, 7) is 5.73. The number of aromatic nitrogens is 2. The molecule has 2 rings (SSSR count). The maximum absolute atomic E-state index is 12.8. The van der Waals surface area contributed by atoms with Gasteiger partial charge in [0.05, 0.1) is 11.3 Å². The summed E-state index contributed by atoms with van der Waals surface area (Å²) >= 11 is 5.96. The molecule has 1 aromatic carbocycles. The molecule has 0 aliphatic heterocycles. The van der Waals surface area contributed by atoms with Crippen LogP contribution in [0.2, 0.25) is 5.15 Å². The molecule has 2 aromatic rings. The largest absolute Gasteiger partial charge is 0.416 e. The van der Waals surface area contributed by atoms with Gasteiger partial charge in [-0.25, -0.2) is 9.97 Å². The van der Waals surface area contributed by atoms with Crippen LogP contribution in [0.3, 0.4) is 0 Å². The zero-order chi connectivity index (χ0) is 15.8. The Morgan fingerprint density at radius 1 is 1.00 bits per heavy atom. The van der Waals surface area contributed by atoms with Gasteiger partial charge in [0.1, 0.15) is 11.0 Å². The van der Waals surface area contributed by atoms with Gasteiger partial charge in [-0.15, -0.1) is 0 Å². The Bertz CT molecular complexity index is 661. The summed E-state index contributed by atoms with van der Waals surface area (Å²) in [5, 5.41) is 0.210. The molecule has 0 radical (unpaired) electrons. The molecule has 0 amide bonds. The van der Waals surface area contributed by atoms with Gasteiger partial charge >= 0.3 is 6.18 Å². The second-order valence-electron chi connectivity index (χ2n) is 5.73. The van der Waals surface area contributed by atoms with E-state index in [1.54, 1.807) is 6.07 Å². The Labute approximate surface area is 126 Å². The molecule has 0 fully saturated rings. The summed E-state index contributed by atoms with van der Waals surface area (Å²) in [6, 6.07) is 6.47. The molecule has 112 valence electrons. The van der Waals surface area contributed by atoms with Crippen LogP contribution in [0.1, 0.15) is 32.2 Å². The van der Waals surface area contributed by atoms with Gasteiger partial charge in [-0.05, 0) is 12.1 Å². The number of rotatable bonds is 1. The van der Waals surface area contributed by atoms with Crippen molar-refractivity contribution in [1.29, 1.82) is 0 Å². The van der Waals surface area contributed by atoms with Crippen LogP contribution in [0, 0.1) is 0 Å². The first-order chi connectivity index (χ1) is 9.57. The summed E-state index contributed by atoms with van der Waals surface area (Å²) in [4.78, 5) is 8.47. The Balaban J connectivity index is 2.55. The molecule has 2 nitrogen and oxygen atoms in total. The number of benzene rings is 1. The summed E-state index contributed by atoms with van der Waals surface area (Å²) in [7, 11) is 0. The van der Waals surface area contributed by atoms with Crippen molar-refractivity contribution in [3.63, 3.8) is 0 Å². The first-order valence-corrected chi connectivity index (χ1v) is 6.68. The van der Waals surface area contributed by atoms with Crippen LogP contribution >= 0.6 is 11.6 Å². The predicted molar refractivity (Wildman–Crippen MR) is 76.2 cm³/mol. The highest BCUT2D eigenvalue weighted by molar-refractivity contribution is 6.29. The zero-order valence-electron chi connectivity index (χ0n) is 11.8. The first kappa shape index (κ1) is 15.8. The van der Waals surface area contributed by atoms with Gasteiger partial charge in [-0.2, -0.15) is 13.2 Å². The molecule has 0 unspecified atom stereocenters.